The summed E-state index contributed by atoms with van der Waals surface area (Å²) in [6, 6.07) is 5.48. The normalized spacial score (nSPS) is 12.0. The smallest absolute Gasteiger partial charge is 0.314 e. The number of anilines is 2. The molecular formula is C17H17FN6O2. The number of hydrogen-bond acceptors (Lipinski definition) is 5. The average molecular weight is 356 g/mol. The molecule has 0 bridgehead atoms. The molecule has 2 aromatic heterocycles. The number of aromatic amines is 1. The van der Waals surface area contributed by atoms with Crippen LogP contribution in [-0.2, 0) is 9.59 Å². The molecule has 0 radical (unpaired) electrons. The van der Waals surface area contributed by atoms with Gasteiger partial charge in [0.05, 0.1) is 35.0 Å². The van der Waals surface area contributed by atoms with Crippen molar-refractivity contribution in [2.75, 3.05) is 18.1 Å². The van der Waals surface area contributed by atoms with Crippen molar-refractivity contribution in [1.82, 2.24) is 20.1 Å². The van der Waals surface area contributed by atoms with Crippen molar-refractivity contribution in [2.24, 2.45) is 0 Å². The van der Waals surface area contributed by atoms with Crippen molar-refractivity contribution in [3.8, 4) is 0 Å². The number of carbonyl (C=O) groups is 2. The van der Waals surface area contributed by atoms with Gasteiger partial charge in [-0.05, 0) is 13.0 Å². The summed E-state index contributed by atoms with van der Waals surface area (Å²) in [5, 5.41) is 9.57. The van der Waals surface area contributed by atoms with Gasteiger partial charge in [-0.25, -0.2) is 9.37 Å². The fourth-order valence-electron chi connectivity index (χ4n) is 2.58. The molecule has 2 heterocycles. The number of H-pyrrole nitrogens is 1. The summed E-state index contributed by atoms with van der Waals surface area (Å²) in [5.41, 5.74) is 6.79. The van der Waals surface area contributed by atoms with Crippen molar-refractivity contribution in [2.45, 2.75) is 13.0 Å². The molecule has 0 saturated heterocycles. The number of nitrogens with one attached hydrogen (secondary N) is 2. The first-order valence-corrected chi connectivity index (χ1v) is 7.80. The van der Waals surface area contributed by atoms with Crippen LogP contribution >= 0.6 is 0 Å². The van der Waals surface area contributed by atoms with Gasteiger partial charge in [0.25, 0.3) is 0 Å². The molecule has 0 spiro atoms. The zero-order valence-corrected chi connectivity index (χ0v) is 14.2. The van der Waals surface area contributed by atoms with Gasteiger partial charge in [0.2, 0.25) is 0 Å². The lowest BCUT2D eigenvalue weighted by Crippen LogP contribution is -2.38. The molecule has 0 aliphatic carbocycles. The predicted octanol–water partition coefficient (Wildman–Crippen LogP) is 1.84. The molecule has 3 aromatic rings. The van der Waals surface area contributed by atoms with E-state index in [1.165, 1.54) is 30.4 Å². The lowest BCUT2D eigenvalue weighted by atomic mass is 10.1. The molecule has 3 rings (SSSR count). The van der Waals surface area contributed by atoms with Crippen molar-refractivity contribution in [3.05, 3.63) is 48.0 Å². The lowest BCUT2D eigenvalue weighted by molar-refractivity contribution is -0.143. The van der Waals surface area contributed by atoms with Crippen LogP contribution in [0.5, 0.6) is 0 Å². The molecule has 0 fully saturated rings. The number of benzene rings is 1. The number of halogens is 1. The molecule has 134 valence electrons. The number of nitrogen functional groups attached to an aromatic ring is 1. The summed E-state index contributed by atoms with van der Waals surface area (Å²) < 4.78 is 13.9. The second-order valence-electron chi connectivity index (χ2n) is 5.78. The minimum absolute atomic E-state index is 0.253. The second-order valence-corrected chi connectivity index (χ2v) is 5.78. The van der Waals surface area contributed by atoms with Crippen LogP contribution in [0, 0.1) is 5.82 Å². The third-order valence-electron chi connectivity index (χ3n) is 4.22. The zero-order chi connectivity index (χ0) is 18.8. The highest BCUT2D eigenvalue weighted by molar-refractivity contribution is 6.40. The van der Waals surface area contributed by atoms with Gasteiger partial charge in [0.15, 0.2) is 0 Å². The maximum absolute atomic E-state index is 13.9. The van der Waals surface area contributed by atoms with Gasteiger partial charge in [0, 0.05) is 12.6 Å². The number of pyridine rings is 1. The van der Waals surface area contributed by atoms with E-state index in [2.05, 4.69) is 20.5 Å². The topological polar surface area (TPSA) is 117 Å². The molecule has 1 aromatic carbocycles. The maximum atomic E-state index is 13.9. The van der Waals surface area contributed by atoms with Gasteiger partial charge < -0.3 is 16.0 Å². The second kappa shape index (κ2) is 6.79. The Bertz CT molecular complexity index is 986. The molecule has 9 heteroatoms. The Morgan fingerprint density at radius 1 is 1.31 bits per heavy atom. The van der Waals surface area contributed by atoms with Crippen molar-refractivity contribution >= 4 is 34.2 Å². The van der Waals surface area contributed by atoms with Crippen molar-refractivity contribution < 1.29 is 14.0 Å². The fourth-order valence-corrected chi connectivity index (χ4v) is 2.58. The summed E-state index contributed by atoms with van der Waals surface area (Å²) in [6.07, 6.45) is 2.81. The largest absolute Gasteiger partial charge is 0.383 e. The summed E-state index contributed by atoms with van der Waals surface area (Å²) in [6.45, 7) is 1.64. The van der Waals surface area contributed by atoms with Crippen LogP contribution < -0.4 is 11.1 Å². The Balaban J connectivity index is 1.79. The SMILES string of the molecule is CC(c1ccccc1F)N(C)C(=O)C(=O)Nc1cnc(N)c2cn[nH]c12. The van der Waals surface area contributed by atoms with Gasteiger partial charge in [0.1, 0.15) is 11.6 Å². The molecule has 1 atom stereocenters. The number of rotatable bonds is 3. The number of nitrogens with zero attached hydrogens (tertiary/aromatic N) is 3. The Morgan fingerprint density at radius 3 is 2.77 bits per heavy atom. The number of fused-ring (bicyclic) bond motifs is 1. The van der Waals surface area contributed by atoms with E-state index >= 15 is 0 Å². The molecule has 1 unspecified atom stereocenters. The summed E-state index contributed by atoms with van der Waals surface area (Å²) in [5.74, 6) is -1.88. The first kappa shape index (κ1) is 17.3. The highest BCUT2D eigenvalue weighted by Gasteiger charge is 2.26. The van der Waals surface area contributed by atoms with Gasteiger partial charge in [-0.3, -0.25) is 14.7 Å². The number of carbonyl (C=O) groups excluding carboxylic acids is 2. The molecule has 8 nitrogen and oxygen atoms in total. The number of hydrogen-bond donors (Lipinski definition) is 3. The monoisotopic (exact) mass is 356 g/mol. The average Bonchev–Trinajstić information content (AvgIpc) is 3.13. The highest BCUT2D eigenvalue weighted by Crippen LogP contribution is 2.25. The molecular weight excluding hydrogens is 339 g/mol. The van der Waals surface area contributed by atoms with Crippen molar-refractivity contribution in [3.63, 3.8) is 0 Å². The van der Waals surface area contributed by atoms with Crippen molar-refractivity contribution in [1.29, 1.82) is 0 Å². The van der Waals surface area contributed by atoms with Gasteiger partial charge >= 0.3 is 11.8 Å². The maximum Gasteiger partial charge on any atom is 0.314 e. The van der Waals surface area contributed by atoms with E-state index in [0.717, 1.165) is 0 Å². The van der Waals surface area contributed by atoms with Gasteiger partial charge in [-0.15, -0.1) is 0 Å². The standard InChI is InChI=1S/C17H17FN6O2/c1-9(10-5-3-4-6-12(10)18)24(2)17(26)16(25)22-13-8-20-15(19)11-7-21-23-14(11)13/h3-9H,1-2H3,(H2,19,20)(H,21,23)(H,22,25). The Kier molecular flexibility index (Phi) is 4.53. The van der Waals surface area contributed by atoms with E-state index < -0.39 is 23.7 Å². The van der Waals surface area contributed by atoms with E-state index in [4.69, 9.17) is 5.73 Å². The zero-order valence-electron chi connectivity index (χ0n) is 14.2. The van der Waals surface area contributed by atoms with Crippen LogP contribution in [0.25, 0.3) is 10.9 Å². The minimum atomic E-state index is -0.877. The predicted molar refractivity (Wildman–Crippen MR) is 94.5 cm³/mol. The Hall–Kier alpha value is -3.49. The van der Waals surface area contributed by atoms with Crippen LogP contribution in [0.3, 0.4) is 0 Å². The number of nitrogens with two attached hydrogens (primary N) is 1. The van der Waals surface area contributed by atoms with Crippen LogP contribution in [0.2, 0.25) is 0 Å². The fraction of sp³-hybridized carbons (Fsp3) is 0.176. The third kappa shape index (κ3) is 3.06. The molecule has 0 aliphatic heterocycles. The minimum Gasteiger partial charge on any atom is -0.383 e. The van der Waals surface area contributed by atoms with E-state index in [0.29, 0.717) is 16.5 Å². The Labute approximate surface area is 148 Å². The van der Waals surface area contributed by atoms with Crippen LogP contribution in [0.4, 0.5) is 15.9 Å². The highest BCUT2D eigenvalue weighted by atomic mass is 19.1. The molecule has 4 N–H and O–H groups in total. The number of aromatic nitrogens is 3. The number of likely N-dealkylation sites (N-methyl/N-ethyl adjacent to an activating group) is 1. The van der Waals surface area contributed by atoms with Gasteiger partial charge in [-0.1, -0.05) is 18.2 Å². The summed E-state index contributed by atoms with van der Waals surface area (Å²) in [7, 11) is 1.44. The van der Waals surface area contributed by atoms with Crippen LogP contribution in [-0.4, -0.2) is 38.9 Å². The number of amides is 2. The first-order valence-electron chi connectivity index (χ1n) is 7.80. The third-order valence-corrected chi connectivity index (χ3v) is 4.22. The Morgan fingerprint density at radius 2 is 2.04 bits per heavy atom. The summed E-state index contributed by atoms with van der Waals surface area (Å²) in [4.78, 5) is 29.9. The van der Waals surface area contributed by atoms with Gasteiger partial charge in [-0.2, -0.15) is 5.10 Å². The van der Waals surface area contributed by atoms with E-state index in [1.807, 2.05) is 0 Å². The summed E-state index contributed by atoms with van der Waals surface area (Å²) >= 11 is 0. The molecule has 2 amide bonds. The van der Waals surface area contributed by atoms with E-state index in [1.54, 1.807) is 25.1 Å². The molecule has 26 heavy (non-hydrogen) atoms. The van der Waals surface area contributed by atoms with Crippen LogP contribution in [0.15, 0.2) is 36.7 Å². The first-order chi connectivity index (χ1) is 12.4. The van der Waals surface area contributed by atoms with E-state index in [9.17, 15) is 14.0 Å². The van der Waals surface area contributed by atoms with Crippen LogP contribution in [0.1, 0.15) is 18.5 Å². The lowest BCUT2D eigenvalue weighted by Gasteiger charge is -2.25. The molecule has 0 saturated carbocycles. The molecule has 0 aliphatic rings. The van der Waals surface area contributed by atoms with E-state index in [-0.39, 0.29) is 11.5 Å². The quantitative estimate of drug-likeness (QED) is 0.619.